The zero-order valence-corrected chi connectivity index (χ0v) is 17.4. The van der Waals surface area contributed by atoms with Gasteiger partial charge in [0.1, 0.15) is 0 Å². The molecule has 0 radical (unpaired) electrons. The average Bonchev–Trinajstić information content (AvgIpc) is 2.78. The summed E-state index contributed by atoms with van der Waals surface area (Å²) in [5.74, 6) is 2.03. The van der Waals surface area contributed by atoms with E-state index in [4.69, 9.17) is 6.42 Å². The Morgan fingerprint density at radius 2 is 1.53 bits per heavy atom. The molecule has 0 saturated carbocycles. The highest BCUT2D eigenvalue weighted by Gasteiger charge is 2.16. The van der Waals surface area contributed by atoms with Crippen molar-refractivity contribution in [2.45, 2.75) is 11.4 Å². The molecule has 0 aliphatic rings. The van der Waals surface area contributed by atoms with E-state index in [9.17, 15) is 13.2 Å². The van der Waals surface area contributed by atoms with Gasteiger partial charge in [0.2, 0.25) is 10.0 Å². The number of amides is 1. The maximum absolute atomic E-state index is 12.7. The van der Waals surface area contributed by atoms with Crippen LogP contribution < -0.4 is 4.72 Å². The summed E-state index contributed by atoms with van der Waals surface area (Å²) < 4.78 is 26.4. The fraction of sp³-hybridized carbons (Fsp3) is 0.125. The van der Waals surface area contributed by atoms with Crippen LogP contribution in [0.15, 0.2) is 83.8 Å². The average molecular weight is 419 g/mol. The van der Waals surface area contributed by atoms with Gasteiger partial charge in [-0.05, 0) is 41.0 Å². The first-order valence-electron chi connectivity index (χ1n) is 9.34. The number of sulfonamides is 1. The Labute approximate surface area is 177 Å². The highest BCUT2D eigenvalue weighted by atomic mass is 32.2. The first kappa shape index (κ1) is 21.3. The Balaban J connectivity index is 1.66. The van der Waals surface area contributed by atoms with Crippen molar-refractivity contribution in [3.63, 3.8) is 0 Å². The second-order valence-electron chi connectivity index (χ2n) is 6.78. The summed E-state index contributed by atoms with van der Waals surface area (Å²) in [5, 5.41) is 0. The molecule has 0 aliphatic heterocycles. The van der Waals surface area contributed by atoms with Gasteiger partial charge in [-0.1, -0.05) is 60.5 Å². The van der Waals surface area contributed by atoms with Crippen LogP contribution in [0.1, 0.15) is 15.9 Å². The summed E-state index contributed by atoms with van der Waals surface area (Å²) >= 11 is 0. The number of carbonyl (C=O) groups is 1. The van der Waals surface area contributed by atoms with E-state index in [1.54, 1.807) is 11.9 Å². The first-order chi connectivity index (χ1) is 14.4. The standard InChI is InChI=1S/C24H22N2O3S/c1-3-17-25-30(28,29)23-15-13-22(14-16-23)24(27)26(2)18-19-9-11-21(12-10-19)20-7-5-4-6-8-20/h1,4-16,25H,17-18H2,2H3. The Kier molecular flexibility index (Phi) is 6.68. The van der Waals surface area contributed by atoms with E-state index < -0.39 is 10.0 Å². The third kappa shape index (κ3) is 5.15. The molecule has 0 saturated heterocycles. The minimum Gasteiger partial charge on any atom is -0.337 e. The van der Waals surface area contributed by atoms with E-state index in [-0.39, 0.29) is 17.3 Å². The Morgan fingerprint density at radius 3 is 2.13 bits per heavy atom. The van der Waals surface area contributed by atoms with Crippen LogP contribution in [0.2, 0.25) is 0 Å². The van der Waals surface area contributed by atoms with Gasteiger partial charge in [0, 0.05) is 19.2 Å². The van der Waals surface area contributed by atoms with Crippen molar-refractivity contribution in [3.05, 3.63) is 90.0 Å². The molecule has 0 bridgehead atoms. The molecule has 0 heterocycles. The lowest BCUT2D eigenvalue weighted by molar-refractivity contribution is 0.0785. The minimum atomic E-state index is -3.68. The van der Waals surface area contributed by atoms with E-state index in [0.29, 0.717) is 12.1 Å². The van der Waals surface area contributed by atoms with Crippen molar-refractivity contribution in [3.8, 4) is 23.5 Å². The Morgan fingerprint density at radius 1 is 0.933 bits per heavy atom. The molecule has 0 spiro atoms. The zero-order valence-electron chi connectivity index (χ0n) is 16.6. The van der Waals surface area contributed by atoms with Gasteiger partial charge in [0.15, 0.2) is 0 Å². The van der Waals surface area contributed by atoms with Gasteiger partial charge in [-0.25, -0.2) is 8.42 Å². The lowest BCUT2D eigenvalue weighted by Gasteiger charge is -2.18. The van der Waals surface area contributed by atoms with Gasteiger partial charge in [-0.2, -0.15) is 4.72 Å². The number of hydrogen-bond acceptors (Lipinski definition) is 3. The van der Waals surface area contributed by atoms with E-state index in [1.807, 2.05) is 42.5 Å². The lowest BCUT2D eigenvalue weighted by atomic mass is 10.0. The largest absolute Gasteiger partial charge is 0.337 e. The molecule has 3 aromatic carbocycles. The quantitative estimate of drug-likeness (QED) is 0.597. The molecule has 0 unspecified atom stereocenters. The van der Waals surface area contributed by atoms with Crippen LogP contribution in [0.3, 0.4) is 0 Å². The maximum Gasteiger partial charge on any atom is 0.253 e. The number of carbonyl (C=O) groups excluding carboxylic acids is 1. The number of benzene rings is 3. The van der Waals surface area contributed by atoms with Crippen LogP contribution >= 0.6 is 0 Å². The third-order valence-corrected chi connectivity index (χ3v) is 6.02. The molecule has 0 aliphatic carbocycles. The molecule has 1 amide bonds. The zero-order chi connectivity index (χ0) is 21.6. The molecule has 0 fully saturated rings. The van der Waals surface area contributed by atoms with Crippen molar-refractivity contribution >= 4 is 15.9 Å². The second-order valence-corrected chi connectivity index (χ2v) is 8.54. The molecule has 6 heteroatoms. The summed E-state index contributed by atoms with van der Waals surface area (Å²) in [5.41, 5.74) is 3.67. The van der Waals surface area contributed by atoms with Gasteiger partial charge in [-0.3, -0.25) is 4.79 Å². The van der Waals surface area contributed by atoms with Crippen molar-refractivity contribution in [1.29, 1.82) is 0 Å². The van der Waals surface area contributed by atoms with Crippen molar-refractivity contribution in [1.82, 2.24) is 9.62 Å². The van der Waals surface area contributed by atoms with Crippen LogP contribution in [0.25, 0.3) is 11.1 Å². The molecule has 0 aromatic heterocycles. The minimum absolute atomic E-state index is 0.0634. The van der Waals surface area contributed by atoms with E-state index in [2.05, 4.69) is 22.8 Å². The SMILES string of the molecule is C#CCNS(=O)(=O)c1ccc(C(=O)N(C)Cc2ccc(-c3ccccc3)cc2)cc1. The van der Waals surface area contributed by atoms with Crippen LogP contribution in [-0.4, -0.2) is 32.8 Å². The van der Waals surface area contributed by atoms with Crippen molar-refractivity contribution < 1.29 is 13.2 Å². The number of nitrogens with one attached hydrogen (secondary N) is 1. The molecule has 1 N–H and O–H groups in total. The number of nitrogens with zero attached hydrogens (tertiary/aromatic N) is 1. The monoisotopic (exact) mass is 418 g/mol. The molecule has 5 nitrogen and oxygen atoms in total. The van der Waals surface area contributed by atoms with Crippen LogP contribution in [0.4, 0.5) is 0 Å². The summed E-state index contributed by atoms with van der Waals surface area (Å²) in [6.07, 6.45) is 5.08. The van der Waals surface area contributed by atoms with E-state index >= 15 is 0 Å². The third-order valence-electron chi connectivity index (χ3n) is 4.60. The van der Waals surface area contributed by atoms with Crippen molar-refractivity contribution in [2.24, 2.45) is 0 Å². The molecule has 152 valence electrons. The van der Waals surface area contributed by atoms with Gasteiger partial charge in [0.05, 0.1) is 11.4 Å². The number of rotatable bonds is 7. The van der Waals surface area contributed by atoms with Gasteiger partial charge < -0.3 is 4.90 Å². The van der Waals surface area contributed by atoms with Gasteiger partial charge >= 0.3 is 0 Å². The molecular formula is C24H22N2O3S. The van der Waals surface area contributed by atoms with E-state index in [0.717, 1.165) is 16.7 Å². The summed E-state index contributed by atoms with van der Waals surface area (Å²) in [4.78, 5) is 14.4. The first-order valence-corrected chi connectivity index (χ1v) is 10.8. The summed E-state index contributed by atoms with van der Waals surface area (Å²) in [6, 6.07) is 23.9. The highest BCUT2D eigenvalue weighted by Crippen LogP contribution is 2.20. The van der Waals surface area contributed by atoms with Gasteiger partial charge in [0.25, 0.3) is 5.91 Å². The van der Waals surface area contributed by atoms with Crippen LogP contribution in [0, 0.1) is 12.3 Å². The van der Waals surface area contributed by atoms with Crippen LogP contribution in [0.5, 0.6) is 0 Å². The van der Waals surface area contributed by atoms with Crippen LogP contribution in [-0.2, 0) is 16.6 Å². The highest BCUT2D eigenvalue weighted by molar-refractivity contribution is 7.89. The Hall–Kier alpha value is -3.40. The smallest absolute Gasteiger partial charge is 0.253 e. The summed E-state index contributed by atoms with van der Waals surface area (Å²) in [6.45, 7) is 0.354. The predicted molar refractivity (Wildman–Crippen MR) is 118 cm³/mol. The normalized spacial score (nSPS) is 10.9. The predicted octanol–water partition coefficient (Wildman–Crippen LogP) is 3.54. The van der Waals surface area contributed by atoms with E-state index in [1.165, 1.54) is 24.3 Å². The molecule has 0 atom stereocenters. The number of terminal acetylenes is 1. The molecule has 30 heavy (non-hydrogen) atoms. The molecule has 3 aromatic rings. The maximum atomic E-state index is 12.7. The van der Waals surface area contributed by atoms with Crippen molar-refractivity contribution in [2.75, 3.05) is 13.6 Å². The molecular weight excluding hydrogens is 396 g/mol. The lowest BCUT2D eigenvalue weighted by Crippen LogP contribution is -2.26. The topological polar surface area (TPSA) is 66.5 Å². The fourth-order valence-electron chi connectivity index (χ4n) is 3.00. The molecule has 3 rings (SSSR count). The van der Waals surface area contributed by atoms with Gasteiger partial charge in [-0.15, -0.1) is 6.42 Å². The second kappa shape index (κ2) is 9.40. The number of hydrogen-bond donors (Lipinski definition) is 1. The summed E-state index contributed by atoms with van der Waals surface area (Å²) in [7, 11) is -1.96. The Bertz CT molecular complexity index is 1150. The fourth-order valence-corrected chi connectivity index (χ4v) is 3.93.